The standard InChI is InChI=1S/C58H32N2OS/c1-7-22-44-35(16-1)36-17-2-8-23-45(36)58(44)46-24-9-3-19-38(46)55-47(58)29-28-41-53(55)39-20-4-10-25-48(39)59-56(41)33-14-13-15-34(30-33)60-49-31-42-37-18-6-12-27-51(37)62-52(42)32-43(49)54-40-21-5-11-26-50(40)61-57(54)60/h1-32H. The number of benzene rings is 9. The minimum absolute atomic E-state index is 0.426. The maximum Gasteiger partial charge on any atom is 0.213 e. The van der Waals surface area contributed by atoms with Crippen molar-refractivity contribution in [1.29, 1.82) is 0 Å². The molecule has 286 valence electrons. The van der Waals surface area contributed by atoms with Crippen molar-refractivity contribution >= 4 is 86.2 Å². The van der Waals surface area contributed by atoms with Crippen molar-refractivity contribution in [3.8, 4) is 39.2 Å². The van der Waals surface area contributed by atoms with E-state index in [1.54, 1.807) is 0 Å². The molecular formula is C58H32N2OS. The van der Waals surface area contributed by atoms with Gasteiger partial charge in [0.15, 0.2) is 0 Å². The summed E-state index contributed by atoms with van der Waals surface area (Å²) >= 11 is 1.86. The molecule has 3 nitrogen and oxygen atoms in total. The van der Waals surface area contributed by atoms with Crippen LogP contribution in [0.4, 0.5) is 0 Å². The molecule has 4 heteroatoms. The van der Waals surface area contributed by atoms with Crippen LogP contribution in [-0.2, 0) is 5.41 Å². The summed E-state index contributed by atoms with van der Waals surface area (Å²) in [5, 5.41) is 9.57. The third-order valence-electron chi connectivity index (χ3n) is 14.0. The van der Waals surface area contributed by atoms with E-state index in [1.807, 2.05) is 11.3 Å². The summed E-state index contributed by atoms with van der Waals surface area (Å²) in [4.78, 5) is 5.53. The normalized spacial score (nSPS) is 13.6. The van der Waals surface area contributed by atoms with Crippen molar-refractivity contribution in [2.24, 2.45) is 0 Å². The van der Waals surface area contributed by atoms with Crippen molar-refractivity contribution < 1.29 is 4.42 Å². The van der Waals surface area contributed by atoms with E-state index < -0.39 is 5.41 Å². The molecule has 0 saturated carbocycles. The van der Waals surface area contributed by atoms with Crippen molar-refractivity contribution in [3.63, 3.8) is 0 Å². The van der Waals surface area contributed by atoms with Gasteiger partial charge in [0.05, 0.1) is 27.5 Å². The van der Waals surface area contributed by atoms with Crippen molar-refractivity contribution in [3.05, 3.63) is 216 Å². The van der Waals surface area contributed by atoms with Gasteiger partial charge in [-0.25, -0.2) is 4.98 Å². The summed E-state index contributed by atoms with van der Waals surface area (Å²) in [5.74, 6) is 0. The lowest BCUT2D eigenvalue weighted by Gasteiger charge is -2.30. The molecule has 4 heterocycles. The van der Waals surface area contributed by atoms with Crippen LogP contribution in [0, 0.1) is 0 Å². The molecule has 2 aliphatic rings. The molecule has 0 amide bonds. The van der Waals surface area contributed by atoms with Crippen LogP contribution in [0.15, 0.2) is 199 Å². The van der Waals surface area contributed by atoms with E-state index in [2.05, 4.69) is 199 Å². The minimum atomic E-state index is -0.426. The number of rotatable bonds is 2. The van der Waals surface area contributed by atoms with Gasteiger partial charge in [0.25, 0.3) is 0 Å². The summed E-state index contributed by atoms with van der Waals surface area (Å²) in [6.07, 6.45) is 0. The average molecular weight is 805 g/mol. The van der Waals surface area contributed by atoms with E-state index in [0.29, 0.717) is 0 Å². The number of para-hydroxylation sites is 2. The third kappa shape index (κ3) is 3.99. The van der Waals surface area contributed by atoms with Crippen LogP contribution < -0.4 is 0 Å². The molecule has 0 saturated heterocycles. The Morgan fingerprint density at radius 2 is 1.13 bits per heavy atom. The molecule has 0 aliphatic heterocycles. The van der Waals surface area contributed by atoms with Crippen LogP contribution >= 0.6 is 11.3 Å². The molecule has 9 aromatic carbocycles. The van der Waals surface area contributed by atoms with Gasteiger partial charge in [0.2, 0.25) is 5.71 Å². The highest BCUT2D eigenvalue weighted by atomic mass is 32.1. The van der Waals surface area contributed by atoms with Gasteiger partial charge in [-0.3, -0.25) is 4.57 Å². The zero-order valence-corrected chi connectivity index (χ0v) is 34.0. The average Bonchev–Trinajstić information content (AvgIpc) is 4.11. The number of pyridine rings is 1. The molecule has 0 bridgehead atoms. The molecule has 15 rings (SSSR count). The van der Waals surface area contributed by atoms with Gasteiger partial charge in [0.1, 0.15) is 5.58 Å². The second-order valence-corrected chi connectivity index (χ2v) is 18.0. The Labute approximate surface area is 359 Å². The van der Waals surface area contributed by atoms with E-state index in [9.17, 15) is 0 Å². The SMILES string of the molecule is c1cc(-c2nc3ccccc3c3c4c(ccc23)C2(c3ccccc3-c3ccccc32)c2ccccc2-4)cc(-n2c3cc4c(cc3c3c5ccccc5oc32)sc2ccccc24)c1. The lowest BCUT2D eigenvalue weighted by Crippen LogP contribution is -2.25. The molecule has 0 N–H and O–H groups in total. The molecule has 0 unspecified atom stereocenters. The second kappa shape index (κ2) is 11.7. The number of thiophene rings is 1. The van der Waals surface area contributed by atoms with Crippen LogP contribution in [0.5, 0.6) is 0 Å². The number of furan rings is 1. The Hall–Kier alpha value is -7.79. The second-order valence-electron chi connectivity index (χ2n) is 16.9. The number of nitrogens with zero attached hydrogens (tertiary/aromatic N) is 2. The van der Waals surface area contributed by atoms with Crippen molar-refractivity contribution in [2.75, 3.05) is 0 Å². The highest BCUT2D eigenvalue weighted by Crippen LogP contribution is 2.64. The fraction of sp³-hybridized carbons (Fsp3) is 0.0172. The molecule has 2 aliphatic carbocycles. The van der Waals surface area contributed by atoms with E-state index in [4.69, 9.17) is 9.40 Å². The maximum absolute atomic E-state index is 6.82. The van der Waals surface area contributed by atoms with Gasteiger partial charge in [-0.05, 0) is 87.0 Å². The molecule has 0 atom stereocenters. The van der Waals surface area contributed by atoms with E-state index in [0.717, 1.165) is 60.8 Å². The monoisotopic (exact) mass is 804 g/mol. The van der Waals surface area contributed by atoms with E-state index >= 15 is 0 Å². The quantitative estimate of drug-likeness (QED) is 0.163. The highest BCUT2D eigenvalue weighted by molar-refractivity contribution is 7.25. The molecule has 4 aromatic heterocycles. The first-order valence-corrected chi connectivity index (χ1v) is 22.1. The predicted octanol–water partition coefficient (Wildman–Crippen LogP) is 15.6. The first-order valence-electron chi connectivity index (χ1n) is 21.3. The van der Waals surface area contributed by atoms with Gasteiger partial charge < -0.3 is 4.42 Å². The molecule has 13 aromatic rings. The van der Waals surface area contributed by atoms with Crippen LogP contribution in [0.2, 0.25) is 0 Å². The van der Waals surface area contributed by atoms with Gasteiger partial charge in [-0.15, -0.1) is 11.3 Å². The molecule has 0 fully saturated rings. The van der Waals surface area contributed by atoms with Crippen molar-refractivity contribution in [1.82, 2.24) is 9.55 Å². The topological polar surface area (TPSA) is 31.0 Å². The number of fused-ring (bicyclic) bond motifs is 22. The van der Waals surface area contributed by atoms with Gasteiger partial charge in [-0.2, -0.15) is 0 Å². The summed E-state index contributed by atoms with van der Waals surface area (Å²) < 4.78 is 11.7. The Morgan fingerprint density at radius 1 is 0.452 bits per heavy atom. The summed E-state index contributed by atoms with van der Waals surface area (Å²) in [6.45, 7) is 0. The van der Waals surface area contributed by atoms with Gasteiger partial charge >= 0.3 is 0 Å². The maximum atomic E-state index is 6.82. The van der Waals surface area contributed by atoms with Crippen LogP contribution in [0.25, 0.3) is 114 Å². The number of hydrogen-bond acceptors (Lipinski definition) is 3. The summed E-state index contributed by atoms with van der Waals surface area (Å²) in [6, 6.07) is 71.5. The van der Waals surface area contributed by atoms with Crippen LogP contribution in [-0.4, -0.2) is 9.55 Å². The van der Waals surface area contributed by atoms with E-state index in [1.165, 1.54) is 75.5 Å². The Balaban J connectivity index is 1.02. The van der Waals surface area contributed by atoms with Gasteiger partial charge in [0, 0.05) is 58.4 Å². The van der Waals surface area contributed by atoms with E-state index in [-0.39, 0.29) is 0 Å². The van der Waals surface area contributed by atoms with Gasteiger partial charge in [-0.1, -0.05) is 152 Å². The highest BCUT2D eigenvalue weighted by Gasteiger charge is 2.52. The summed E-state index contributed by atoms with van der Waals surface area (Å²) in [7, 11) is 0. The smallest absolute Gasteiger partial charge is 0.213 e. The Kier molecular flexibility index (Phi) is 6.24. The number of hydrogen-bond donors (Lipinski definition) is 0. The predicted molar refractivity (Wildman–Crippen MR) is 258 cm³/mol. The molecular weight excluding hydrogens is 773 g/mol. The Morgan fingerprint density at radius 3 is 1.95 bits per heavy atom. The fourth-order valence-electron chi connectivity index (χ4n) is 11.6. The van der Waals surface area contributed by atoms with Crippen molar-refractivity contribution in [2.45, 2.75) is 5.41 Å². The Bertz CT molecular complexity index is 4080. The fourth-order valence-corrected chi connectivity index (χ4v) is 12.7. The first-order chi connectivity index (χ1) is 30.8. The number of aromatic nitrogens is 2. The lowest BCUT2D eigenvalue weighted by atomic mass is 9.70. The largest absolute Gasteiger partial charge is 0.439 e. The minimum Gasteiger partial charge on any atom is -0.439 e. The first kappa shape index (κ1) is 33.0. The zero-order chi connectivity index (χ0) is 40.3. The molecule has 0 radical (unpaired) electrons. The van der Waals surface area contributed by atoms with Crippen LogP contribution in [0.1, 0.15) is 22.3 Å². The zero-order valence-electron chi connectivity index (χ0n) is 33.2. The molecule has 1 spiro atoms. The molecule has 62 heavy (non-hydrogen) atoms. The summed E-state index contributed by atoms with van der Waals surface area (Å²) in [5.41, 5.74) is 17.1. The van der Waals surface area contributed by atoms with Crippen LogP contribution in [0.3, 0.4) is 0 Å². The lowest BCUT2D eigenvalue weighted by molar-refractivity contribution is 0.645. The third-order valence-corrected chi connectivity index (χ3v) is 15.1.